The van der Waals surface area contributed by atoms with Crippen molar-refractivity contribution in [3.63, 3.8) is 0 Å². The van der Waals surface area contributed by atoms with Crippen LogP contribution in [0.4, 0.5) is 19.1 Å². The highest BCUT2D eigenvalue weighted by Crippen LogP contribution is 2.35. The Morgan fingerprint density at radius 1 is 1.31 bits per heavy atom. The zero-order valence-corrected chi connectivity index (χ0v) is 20.0. The summed E-state index contributed by atoms with van der Waals surface area (Å²) >= 11 is 1.59. The number of amides is 1. The minimum Gasteiger partial charge on any atom is -0.475 e. The molecule has 2 aromatic heterocycles. The van der Waals surface area contributed by atoms with E-state index in [-0.39, 0.29) is 17.8 Å². The van der Waals surface area contributed by atoms with Gasteiger partial charge in [0.05, 0.1) is 31.7 Å². The van der Waals surface area contributed by atoms with Gasteiger partial charge in [-0.1, -0.05) is 18.9 Å². The van der Waals surface area contributed by atoms with Gasteiger partial charge < -0.3 is 19.6 Å². The molecule has 36 heavy (non-hydrogen) atoms. The zero-order chi connectivity index (χ0) is 26.3. The second-order valence-corrected chi connectivity index (χ2v) is 9.58. The lowest BCUT2D eigenvalue weighted by Gasteiger charge is -2.49. The number of hydrogen-bond donors (Lipinski definition) is 2. The van der Waals surface area contributed by atoms with Crippen LogP contribution in [0.5, 0.6) is 0 Å². The molecule has 4 rings (SSSR count). The molecule has 1 amide bonds. The Morgan fingerprint density at radius 2 is 2.06 bits per heavy atom. The van der Waals surface area contributed by atoms with E-state index in [0.29, 0.717) is 31.9 Å². The van der Waals surface area contributed by atoms with Crippen LogP contribution in [0.15, 0.2) is 34.1 Å². The Labute approximate surface area is 208 Å². The number of nitro groups is 1. The molecule has 2 aliphatic rings. The van der Waals surface area contributed by atoms with Crippen LogP contribution in [-0.2, 0) is 27.3 Å². The van der Waals surface area contributed by atoms with Crippen molar-refractivity contribution in [2.45, 2.75) is 56.5 Å². The van der Waals surface area contributed by atoms with E-state index in [2.05, 4.69) is 10.2 Å². The number of ether oxygens (including phenoxy) is 1. The van der Waals surface area contributed by atoms with Crippen LogP contribution in [0.1, 0.15) is 36.3 Å². The van der Waals surface area contributed by atoms with Crippen molar-refractivity contribution < 1.29 is 41.9 Å². The van der Waals surface area contributed by atoms with E-state index in [9.17, 15) is 28.1 Å². The molecule has 2 N–H and O–H groups in total. The quantitative estimate of drug-likeness (QED) is 0.423. The Balaban J connectivity index is 0.000000454. The summed E-state index contributed by atoms with van der Waals surface area (Å²) in [5.74, 6) is -2.39. The van der Waals surface area contributed by atoms with Gasteiger partial charge in [-0.3, -0.25) is 19.8 Å². The van der Waals surface area contributed by atoms with Gasteiger partial charge in [0.15, 0.2) is 0 Å². The smallest absolute Gasteiger partial charge is 0.475 e. The fraction of sp³-hybridized carbons (Fsp3) is 0.545. The van der Waals surface area contributed by atoms with Gasteiger partial charge in [-0.25, -0.2) is 4.79 Å². The predicted octanol–water partition coefficient (Wildman–Crippen LogP) is 3.76. The minimum absolute atomic E-state index is 0.0288. The molecule has 0 aromatic carbocycles. The topological polar surface area (TPSA) is 135 Å². The number of carboxylic acids is 1. The van der Waals surface area contributed by atoms with Gasteiger partial charge in [0, 0.05) is 18.0 Å². The molecule has 2 atom stereocenters. The Bertz CT molecular complexity index is 1040. The largest absolute Gasteiger partial charge is 0.490 e. The van der Waals surface area contributed by atoms with E-state index in [4.69, 9.17) is 19.1 Å². The number of morpholine rings is 1. The number of alkyl halides is 3. The van der Waals surface area contributed by atoms with Crippen LogP contribution in [-0.4, -0.2) is 64.3 Å². The van der Waals surface area contributed by atoms with E-state index in [1.807, 2.05) is 17.5 Å². The summed E-state index contributed by atoms with van der Waals surface area (Å²) in [6, 6.07) is 6.94. The standard InChI is InChI=1S/C20H25N3O5S.C2HF3O2/c24-18(12-16-4-3-11-29-16)21-17-5-1-2-8-20(17)14-22(9-10-27-20)13-15-6-7-19(28-15)23(25)26;3-2(4,5)1(6)7/h3-4,6-7,11,17H,1-2,5,8-10,12-14H2,(H,21,24);(H,6,7). The number of carboxylic acid groups (broad SMARTS) is 1. The maximum atomic E-state index is 12.6. The van der Waals surface area contributed by atoms with Crippen LogP contribution in [0.25, 0.3) is 0 Å². The van der Waals surface area contributed by atoms with Crippen molar-refractivity contribution in [3.05, 3.63) is 50.4 Å². The van der Waals surface area contributed by atoms with E-state index in [1.54, 1.807) is 17.4 Å². The first-order chi connectivity index (χ1) is 17.0. The number of rotatable bonds is 6. The highest BCUT2D eigenvalue weighted by Gasteiger charge is 2.46. The van der Waals surface area contributed by atoms with Gasteiger partial charge in [-0.05, 0) is 30.4 Å². The van der Waals surface area contributed by atoms with Crippen molar-refractivity contribution in [2.75, 3.05) is 19.7 Å². The van der Waals surface area contributed by atoms with Crippen molar-refractivity contribution in [3.8, 4) is 0 Å². The number of nitrogens with one attached hydrogen (secondary N) is 1. The van der Waals surface area contributed by atoms with Gasteiger partial charge in [-0.2, -0.15) is 13.2 Å². The summed E-state index contributed by atoms with van der Waals surface area (Å²) in [6.45, 7) is 2.46. The van der Waals surface area contributed by atoms with Crippen molar-refractivity contribution in [1.29, 1.82) is 0 Å². The minimum atomic E-state index is -5.08. The fourth-order valence-electron chi connectivity index (χ4n) is 4.38. The molecule has 10 nitrogen and oxygen atoms in total. The van der Waals surface area contributed by atoms with Crippen LogP contribution in [0.2, 0.25) is 0 Å². The summed E-state index contributed by atoms with van der Waals surface area (Å²) in [6.07, 6.45) is -0.761. The van der Waals surface area contributed by atoms with Crippen LogP contribution in [0, 0.1) is 10.1 Å². The number of hydrogen-bond acceptors (Lipinski definition) is 8. The Kier molecular flexibility index (Phi) is 9.08. The molecule has 1 aliphatic heterocycles. The maximum absolute atomic E-state index is 12.6. The first-order valence-corrected chi connectivity index (χ1v) is 12.1. The monoisotopic (exact) mass is 533 g/mol. The number of aliphatic carboxylic acids is 1. The van der Waals surface area contributed by atoms with E-state index < -0.39 is 22.7 Å². The average Bonchev–Trinajstić information content (AvgIpc) is 3.48. The molecule has 198 valence electrons. The van der Waals surface area contributed by atoms with Crippen molar-refractivity contribution in [2.24, 2.45) is 0 Å². The maximum Gasteiger partial charge on any atom is 0.490 e. The Hall–Kier alpha value is -2.97. The fourth-order valence-corrected chi connectivity index (χ4v) is 5.08. The van der Waals surface area contributed by atoms with E-state index >= 15 is 0 Å². The molecule has 1 saturated carbocycles. The molecule has 14 heteroatoms. The normalized spacial score (nSPS) is 22.5. The lowest BCUT2D eigenvalue weighted by atomic mass is 9.78. The highest BCUT2D eigenvalue weighted by atomic mass is 32.1. The summed E-state index contributed by atoms with van der Waals surface area (Å²) < 4.78 is 43.3. The third kappa shape index (κ3) is 7.51. The molecule has 2 unspecified atom stereocenters. The van der Waals surface area contributed by atoms with Crippen molar-refractivity contribution >= 4 is 29.1 Å². The third-order valence-electron chi connectivity index (χ3n) is 5.97. The molecular formula is C22H26F3N3O7S. The number of carbonyl (C=O) groups is 2. The first-order valence-electron chi connectivity index (χ1n) is 11.2. The predicted molar refractivity (Wildman–Crippen MR) is 121 cm³/mol. The highest BCUT2D eigenvalue weighted by molar-refractivity contribution is 7.10. The number of carbonyl (C=O) groups excluding carboxylic acids is 1. The van der Waals surface area contributed by atoms with Gasteiger partial charge in [0.1, 0.15) is 16.3 Å². The average molecular weight is 534 g/mol. The van der Waals surface area contributed by atoms with E-state index in [0.717, 1.165) is 37.1 Å². The molecule has 0 bridgehead atoms. The number of furan rings is 1. The van der Waals surface area contributed by atoms with Gasteiger partial charge in [0.2, 0.25) is 5.91 Å². The summed E-state index contributed by atoms with van der Waals surface area (Å²) in [7, 11) is 0. The van der Waals surface area contributed by atoms with Gasteiger partial charge >= 0.3 is 18.0 Å². The van der Waals surface area contributed by atoms with Crippen molar-refractivity contribution in [1.82, 2.24) is 10.2 Å². The number of nitrogens with zero attached hydrogens (tertiary/aromatic N) is 2. The molecule has 1 saturated heterocycles. The second kappa shape index (κ2) is 11.8. The molecular weight excluding hydrogens is 507 g/mol. The molecule has 0 radical (unpaired) electrons. The molecule has 1 aliphatic carbocycles. The summed E-state index contributed by atoms with van der Waals surface area (Å²) in [4.78, 5) is 35.1. The Morgan fingerprint density at radius 3 is 2.67 bits per heavy atom. The molecule has 2 aromatic rings. The van der Waals surface area contributed by atoms with E-state index in [1.165, 1.54) is 6.07 Å². The summed E-state index contributed by atoms with van der Waals surface area (Å²) in [5.41, 5.74) is -0.417. The molecule has 3 heterocycles. The van der Waals surface area contributed by atoms with Crippen LogP contribution >= 0.6 is 11.3 Å². The molecule has 2 fully saturated rings. The lowest BCUT2D eigenvalue weighted by Crippen LogP contribution is -2.64. The van der Waals surface area contributed by atoms with Crippen LogP contribution < -0.4 is 5.32 Å². The SMILES string of the molecule is O=C(Cc1cccs1)NC1CCCCC12CN(Cc1ccc([N+](=O)[O-])o1)CCO2.O=C(O)C(F)(F)F. The third-order valence-corrected chi connectivity index (χ3v) is 6.84. The first kappa shape index (κ1) is 27.6. The van der Waals surface area contributed by atoms with Gasteiger partial charge in [0.25, 0.3) is 0 Å². The summed E-state index contributed by atoms with van der Waals surface area (Å²) in [5, 5.41) is 23.2. The second-order valence-electron chi connectivity index (χ2n) is 8.55. The lowest BCUT2D eigenvalue weighted by molar-refractivity contribution is -0.402. The zero-order valence-electron chi connectivity index (χ0n) is 19.2. The van der Waals surface area contributed by atoms with Crippen LogP contribution in [0.3, 0.4) is 0 Å². The van der Waals surface area contributed by atoms with Gasteiger partial charge in [-0.15, -0.1) is 11.3 Å². The number of halogens is 3. The number of thiophene rings is 1. The molecule has 1 spiro atoms.